The van der Waals surface area contributed by atoms with Crippen molar-refractivity contribution < 1.29 is 14.0 Å². The molecule has 0 aliphatic carbocycles. The molecule has 1 aliphatic heterocycles. The third-order valence-electron chi connectivity index (χ3n) is 3.05. The Bertz CT molecular complexity index is 610. The Morgan fingerprint density at radius 2 is 2.14 bits per heavy atom. The van der Waals surface area contributed by atoms with Gasteiger partial charge in [0, 0.05) is 18.8 Å². The number of ketones is 1. The number of benzene rings is 1. The van der Waals surface area contributed by atoms with Crippen LogP contribution in [0.1, 0.15) is 30.1 Å². The third kappa shape index (κ3) is 3.82. The molecule has 1 aliphatic rings. The van der Waals surface area contributed by atoms with Crippen LogP contribution in [0.25, 0.3) is 0 Å². The standard InChI is InChI=1S/C16H16FNO2S/c1-2-3-8-18-10-12(11-19)21-16(18)9-15(20)13-6-4-5-7-14(13)17/h4-7,9-11H,2-3,8H2,1H3. The van der Waals surface area contributed by atoms with Crippen LogP contribution in [0.4, 0.5) is 4.39 Å². The van der Waals surface area contributed by atoms with Crippen LogP contribution >= 0.6 is 11.8 Å². The molecular formula is C16H16FNO2S. The minimum atomic E-state index is -0.536. The maximum atomic E-state index is 13.6. The van der Waals surface area contributed by atoms with Crippen molar-refractivity contribution in [1.82, 2.24) is 4.90 Å². The number of allylic oxidation sites excluding steroid dienone is 2. The van der Waals surface area contributed by atoms with E-state index in [2.05, 4.69) is 6.92 Å². The van der Waals surface area contributed by atoms with Crippen LogP contribution in [0.15, 0.2) is 46.5 Å². The van der Waals surface area contributed by atoms with Crippen LogP contribution in [-0.4, -0.2) is 23.5 Å². The lowest BCUT2D eigenvalue weighted by atomic mass is 10.1. The molecule has 2 rings (SSSR count). The largest absolute Gasteiger partial charge is 0.341 e. The Kier molecular flexibility index (Phi) is 5.33. The maximum absolute atomic E-state index is 13.6. The molecule has 1 heterocycles. The topological polar surface area (TPSA) is 37.4 Å². The second-order valence-electron chi connectivity index (χ2n) is 4.63. The molecule has 0 radical (unpaired) electrons. The highest BCUT2D eigenvalue weighted by molar-refractivity contribution is 8.07. The number of thioether (sulfide) groups is 1. The van der Waals surface area contributed by atoms with Gasteiger partial charge in [-0.15, -0.1) is 0 Å². The summed E-state index contributed by atoms with van der Waals surface area (Å²) in [6.45, 7) is 2.80. The Morgan fingerprint density at radius 3 is 2.81 bits per heavy atom. The molecule has 21 heavy (non-hydrogen) atoms. The van der Waals surface area contributed by atoms with E-state index in [1.54, 1.807) is 18.3 Å². The average Bonchev–Trinajstić information content (AvgIpc) is 2.87. The number of nitrogens with zero attached hydrogens (tertiary/aromatic N) is 1. The number of rotatable bonds is 6. The molecule has 1 aromatic carbocycles. The smallest absolute Gasteiger partial charge is 0.191 e. The Morgan fingerprint density at radius 1 is 1.38 bits per heavy atom. The highest BCUT2D eigenvalue weighted by Gasteiger charge is 2.20. The minimum Gasteiger partial charge on any atom is -0.341 e. The van der Waals surface area contributed by atoms with E-state index in [-0.39, 0.29) is 5.56 Å². The summed E-state index contributed by atoms with van der Waals surface area (Å²) in [4.78, 5) is 25.5. The van der Waals surface area contributed by atoms with Gasteiger partial charge in [0.2, 0.25) is 0 Å². The highest BCUT2D eigenvalue weighted by Crippen LogP contribution is 2.35. The van der Waals surface area contributed by atoms with Crippen LogP contribution < -0.4 is 0 Å². The minimum absolute atomic E-state index is 0.0422. The van der Waals surface area contributed by atoms with Crippen molar-refractivity contribution in [2.45, 2.75) is 19.8 Å². The highest BCUT2D eigenvalue weighted by atomic mass is 32.2. The zero-order valence-electron chi connectivity index (χ0n) is 11.7. The van der Waals surface area contributed by atoms with E-state index in [0.29, 0.717) is 9.93 Å². The van der Waals surface area contributed by atoms with Crippen LogP contribution in [0.5, 0.6) is 0 Å². The summed E-state index contributed by atoms with van der Waals surface area (Å²) >= 11 is 1.23. The van der Waals surface area contributed by atoms with Crippen molar-refractivity contribution in [2.24, 2.45) is 0 Å². The number of hydrogen-bond donors (Lipinski definition) is 0. The van der Waals surface area contributed by atoms with Crippen LogP contribution in [0.3, 0.4) is 0 Å². The summed E-state index contributed by atoms with van der Waals surface area (Å²) in [5.74, 6) is -0.927. The second kappa shape index (κ2) is 7.22. The van der Waals surface area contributed by atoms with Gasteiger partial charge < -0.3 is 4.90 Å². The number of halogens is 1. The lowest BCUT2D eigenvalue weighted by Crippen LogP contribution is -2.14. The molecule has 3 nitrogen and oxygen atoms in total. The summed E-state index contributed by atoms with van der Waals surface area (Å²) < 4.78 is 13.6. The molecule has 0 bridgehead atoms. The van der Waals surface area contributed by atoms with E-state index in [0.717, 1.165) is 25.7 Å². The van der Waals surface area contributed by atoms with Gasteiger partial charge in [0.15, 0.2) is 12.1 Å². The van der Waals surface area contributed by atoms with Crippen LogP contribution in [0, 0.1) is 5.82 Å². The van der Waals surface area contributed by atoms with Gasteiger partial charge in [-0.2, -0.15) is 0 Å². The molecule has 1 aromatic rings. The van der Waals surface area contributed by atoms with Gasteiger partial charge in [-0.3, -0.25) is 9.59 Å². The predicted molar refractivity (Wildman–Crippen MR) is 82.2 cm³/mol. The van der Waals surface area contributed by atoms with E-state index in [4.69, 9.17) is 0 Å². The first-order valence-corrected chi connectivity index (χ1v) is 7.59. The quantitative estimate of drug-likeness (QED) is 0.456. The Hall–Kier alpha value is -1.88. The number of carbonyl (C=O) groups excluding carboxylic acids is 2. The fraction of sp³-hybridized carbons (Fsp3) is 0.250. The van der Waals surface area contributed by atoms with Crippen molar-refractivity contribution >= 4 is 23.8 Å². The van der Waals surface area contributed by atoms with Crippen molar-refractivity contribution in [3.63, 3.8) is 0 Å². The molecular weight excluding hydrogens is 289 g/mol. The van der Waals surface area contributed by atoms with Gasteiger partial charge in [-0.1, -0.05) is 37.2 Å². The predicted octanol–water partition coefficient (Wildman–Crippen LogP) is 3.74. The lowest BCUT2D eigenvalue weighted by molar-refractivity contribution is -0.104. The summed E-state index contributed by atoms with van der Waals surface area (Å²) in [5, 5.41) is 0.666. The Balaban J connectivity index is 2.21. The molecule has 0 saturated heterocycles. The van der Waals surface area contributed by atoms with Gasteiger partial charge in [-0.05, 0) is 18.6 Å². The fourth-order valence-electron chi connectivity index (χ4n) is 1.94. The summed E-state index contributed by atoms with van der Waals surface area (Å²) in [6, 6.07) is 5.89. The zero-order chi connectivity index (χ0) is 15.2. The summed E-state index contributed by atoms with van der Waals surface area (Å²) in [6.07, 6.45) is 5.85. The summed E-state index contributed by atoms with van der Waals surface area (Å²) in [5.41, 5.74) is 0.0422. The third-order valence-corrected chi connectivity index (χ3v) is 4.05. The van der Waals surface area contributed by atoms with Crippen molar-refractivity contribution in [2.75, 3.05) is 6.54 Å². The molecule has 0 amide bonds. The van der Waals surface area contributed by atoms with Crippen molar-refractivity contribution in [3.8, 4) is 0 Å². The van der Waals surface area contributed by atoms with Crippen LogP contribution in [-0.2, 0) is 4.79 Å². The maximum Gasteiger partial charge on any atom is 0.191 e. The van der Waals surface area contributed by atoms with Gasteiger partial charge >= 0.3 is 0 Å². The average molecular weight is 305 g/mol. The zero-order valence-corrected chi connectivity index (χ0v) is 12.5. The SMILES string of the molecule is CCCCN1C=C(C=O)SC1=CC(=O)c1ccccc1F. The van der Waals surface area contributed by atoms with E-state index in [1.165, 1.54) is 30.0 Å². The van der Waals surface area contributed by atoms with E-state index in [9.17, 15) is 14.0 Å². The first-order chi connectivity index (χ1) is 10.2. The number of aldehydes is 1. The van der Waals surface area contributed by atoms with E-state index in [1.807, 2.05) is 4.90 Å². The van der Waals surface area contributed by atoms with Gasteiger partial charge in [0.05, 0.1) is 15.5 Å². The van der Waals surface area contributed by atoms with E-state index >= 15 is 0 Å². The van der Waals surface area contributed by atoms with Crippen molar-refractivity contribution in [1.29, 1.82) is 0 Å². The van der Waals surface area contributed by atoms with Gasteiger partial charge in [0.25, 0.3) is 0 Å². The molecule has 0 unspecified atom stereocenters. The Labute approximate surface area is 127 Å². The summed E-state index contributed by atoms with van der Waals surface area (Å²) in [7, 11) is 0. The molecule has 110 valence electrons. The molecule has 0 saturated carbocycles. The van der Waals surface area contributed by atoms with Gasteiger partial charge in [0.1, 0.15) is 5.82 Å². The fourth-order valence-corrected chi connectivity index (χ4v) is 2.84. The lowest BCUT2D eigenvalue weighted by Gasteiger charge is -2.16. The normalized spacial score (nSPS) is 16.2. The first kappa shape index (κ1) is 15.5. The van der Waals surface area contributed by atoms with Crippen molar-refractivity contribution in [3.05, 3.63) is 57.9 Å². The molecule has 0 aromatic heterocycles. The number of unbranched alkanes of at least 4 members (excludes halogenated alkanes) is 1. The molecule has 5 heteroatoms. The molecule has 0 atom stereocenters. The second-order valence-corrected chi connectivity index (χ2v) is 5.72. The molecule has 0 N–H and O–H groups in total. The van der Waals surface area contributed by atoms with Crippen LogP contribution in [0.2, 0.25) is 0 Å². The monoisotopic (exact) mass is 305 g/mol. The van der Waals surface area contributed by atoms with E-state index < -0.39 is 11.6 Å². The molecule has 0 fully saturated rings. The molecule has 0 spiro atoms. The number of hydrogen-bond acceptors (Lipinski definition) is 4. The first-order valence-electron chi connectivity index (χ1n) is 6.77. The van der Waals surface area contributed by atoms with Gasteiger partial charge in [-0.25, -0.2) is 4.39 Å². The number of carbonyl (C=O) groups is 2.